The number of rotatable bonds is 2. The molecule has 0 saturated carbocycles. The normalized spacial score (nSPS) is 27.0. The van der Waals surface area contributed by atoms with E-state index in [0.29, 0.717) is 6.42 Å². The topological polar surface area (TPSA) is 43.4 Å². The largest absolute Gasteiger partial charge is 0.469 e. The zero-order valence-electron chi connectivity index (χ0n) is 9.14. The Hall–Kier alpha value is -1.12. The maximum Gasteiger partial charge on any atom is 0.306 e. The second-order valence-electron chi connectivity index (χ2n) is 4.22. The van der Waals surface area contributed by atoms with E-state index in [2.05, 4.69) is 4.74 Å². The van der Waals surface area contributed by atoms with Crippen LogP contribution in [0.4, 0.5) is 0 Å². The van der Waals surface area contributed by atoms with Crippen LogP contribution >= 0.6 is 0 Å². The molecule has 0 bridgehead atoms. The number of allylic oxidation sites excluding steroid dienone is 2. The van der Waals surface area contributed by atoms with Gasteiger partial charge in [-0.3, -0.25) is 9.59 Å². The number of hydrogen-bond donors (Lipinski definition) is 0. The molecule has 14 heavy (non-hydrogen) atoms. The van der Waals surface area contributed by atoms with E-state index >= 15 is 0 Å². The van der Waals surface area contributed by atoms with Crippen molar-refractivity contribution < 1.29 is 14.3 Å². The van der Waals surface area contributed by atoms with Gasteiger partial charge < -0.3 is 4.74 Å². The molecule has 0 aliphatic heterocycles. The smallest absolute Gasteiger partial charge is 0.306 e. The van der Waals surface area contributed by atoms with E-state index in [9.17, 15) is 9.59 Å². The number of carbonyl (C=O) groups is 2. The van der Waals surface area contributed by atoms with E-state index in [4.69, 9.17) is 0 Å². The van der Waals surface area contributed by atoms with Gasteiger partial charge in [0, 0.05) is 5.41 Å². The predicted octanol–water partition coefficient (Wildman–Crippen LogP) is 1.86. The molecule has 1 rings (SSSR count). The lowest BCUT2D eigenvalue weighted by Crippen LogP contribution is -2.27. The highest BCUT2D eigenvalue weighted by Gasteiger charge is 2.41. The van der Waals surface area contributed by atoms with Gasteiger partial charge in [0.25, 0.3) is 0 Å². The third-order valence-electron chi connectivity index (χ3n) is 2.95. The van der Waals surface area contributed by atoms with Crippen molar-refractivity contribution in [2.45, 2.75) is 33.6 Å². The van der Waals surface area contributed by atoms with Crippen LogP contribution in [0.15, 0.2) is 11.1 Å². The SMILES string of the molecule is COC(=O)CC1(C)CC(C)=C(C)C1=O. The highest BCUT2D eigenvalue weighted by Crippen LogP contribution is 2.40. The average molecular weight is 196 g/mol. The van der Waals surface area contributed by atoms with Crippen LogP contribution in [-0.4, -0.2) is 18.9 Å². The molecule has 0 saturated heterocycles. The second-order valence-corrected chi connectivity index (χ2v) is 4.22. The minimum absolute atomic E-state index is 0.0837. The lowest BCUT2D eigenvalue weighted by atomic mass is 9.82. The zero-order chi connectivity index (χ0) is 10.9. The molecule has 0 amide bonds. The van der Waals surface area contributed by atoms with Crippen molar-refractivity contribution in [3.8, 4) is 0 Å². The van der Waals surface area contributed by atoms with Gasteiger partial charge in [-0.05, 0) is 25.8 Å². The molecule has 0 aromatic carbocycles. The van der Waals surface area contributed by atoms with Crippen molar-refractivity contribution in [1.82, 2.24) is 0 Å². The lowest BCUT2D eigenvalue weighted by Gasteiger charge is -2.20. The fraction of sp³-hybridized carbons (Fsp3) is 0.636. The van der Waals surface area contributed by atoms with E-state index in [-0.39, 0.29) is 18.2 Å². The summed E-state index contributed by atoms with van der Waals surface area (Å²) in [4.78, 5) is 23.0. The molecule has 1 aliphatic rings. The molecule has 3 heteroatoms. The van der Waals surface area contributed by atoms with Crippen LogP contribution in [0.3, 0.4) is 0 Å². The number of esters is 1. The van der Waals surface area contributed by atoms with Crippen LogP contribution in [0.2, 0.25) is 0 Å². The summed E-state index contributed by atoms with van der Waals surface area (Å²) < 4.78 is 4.59. The molecule has 1 unspecified atom stereocenters. The van der Waals surface area contributed by atoms with Crippen LogP contribution in [-0.2, 0) is 14.3 Å². The number of ketones is 1. The zero-order valence-corrected chi connectivity index (χ0v) is 9.14. The van der Waals surface area contributed by atoms with Gasteiger partial charge in [-0.25, -0.2) is 0 Å². The maximum atomic E-state index is 11.8. The highest BCUT2D eigenvalue weighted by atomic mass is 16.5. The monoisotopic (exact) mass is 196 g/mol. The molecule has 0 heterocycles. The molecule has 1 atom stereocenters. The fourth-order valence-corrected chi connectivity index (χ4v) is 1.98. The van der Waals surface area contributed by atoms with E-state index in [1.807, 2.05) is 20.8 Å². The molecule has 78 valence electrons. The van der Waals surface area contributed by atoms with Crippen molar-refractivity contribution in [2.75, 3.05) is 7.11 Å². The molecule has 0 fully saturated rings. The number of hydrogen-bond acceptors (Lipinski definition) is 3. The Kier molecular flexibility index (Phi) is 2.79. The summed E-state index contributed by atoms with van der Waals surface area (Å²) in [6.07, 6.45) is 0.851. The van der Waals surface area contributed by atoms with E-state index in [0.717, 1.165) is 11.1 Å². The first-order valence-electron chi connectivity index (χ1n) is 4.68. The van der Waals surface area contributed by atoms with E-state index < -0.39 is 5.41 Å². The molecule has 0 N–H and O–H groups in total. The second kappa shape index (κ2) is 3.56. The fourth-order valence-electron chi connectivity index (χ4n) is 1.98. The Morgan fingerprint density at radius 1 is 1.50 bits per heavy atom. The molecule has 1 aliphatic carbocycles. The summed E-state index contributed by atoms with van der Waals surface area (Å²) in [5, 5.41) is 0. The molecule has 0 spiro atoms. The summed E-state index contributed by atoms with van der Waals surface area (Å²) in [7, 11) is 1.35. The molecular formula is C11H16O3. The minimum atomic E-state index is -0.568. The van der Waals surface area contributed by atoms with Gasteiger partial charge in [0.15, 0.2) is 5.78 Å². The first-order valence-corrected chi connectivity index (χ1v) is 4.68. The van der Waals surface area contributed by atoms with Crippen molar-refractivity contribution in [3.05, 3.63) is 11.1 Å². The number of ether oxygens (including phenoxy) is 1. The number of carbonyl (C=O) groups excluding carboxylic acids is 2. The molecule has 0 radical (unpaired) electrons. The summed E-state index contributed by atoms with van der Waals surface area (Å²) >= 11 is 0. The molecule has 0 aromatic rings. The van der Waals surface area contributed by atoms with E-state index in [1.54, 1.807) is 0 Å². The van der Waals surface area contributed by atoms with Crippen molar-refractivity contribution in [3.63, 3.8) is 0 Å². The number of methoxy groups -OCH3 is 1. The Morgan fingerprint density at radius 3 is 2.43 bits per heavy atom. The first-order chi connectivity index (χ1) is 6.40. The Bertz CT molecular complexity index is 314. The summed E-state index contributed by atoms with van der Waals surface area (Å²) in [6.45, 7) is 5.59. The third-order valence-corrected chi connectivity index (χ3v) is 2.95. The predicted molar refractivity (Wildman–Crippen MR) is 52.7 cm³/mol. The third kappa shape index (κ3) is 1.72. The van der Waals surface area contributed by atoms with Gasteiger partial charge in [0.1, 0.15) is 0 Å². The van der Waals surface area contributed by atoms with Crippen LogP contribution in [0.1, 0.15) is 33.6 Å². The van der Waals surface area contributed by atoms with Gasteiger partial charge in [0.2, 0.25) is 0 Å². The summed E-state index contributed by atoms with van der Waals surface area (Å²) in [5.74, 6) is -0.233. The highest BCUT2D eigenvalue weighted by molar-refractivity contribution is 6.04. The van der Waals surface area contributed by atoms with Crippen molar-refractivity contribution in [2.24, 2.45) is 5.41 Å². The van der Waals surface area contributed by atoms with Crippen LogP contribution in [0.5, 0.6) is 0 Å². The minimum Gasteiger partial charge on any atom is -0.469 e. The number of Topliss-reactive ketones (excluding diaryl/α,β-unsaturated/α-hetero) is 1. The van der Waals surface area contributed by atoms with Crippen LogP contribution < -0.4 is 0 Å². The Labute approximate surface area is 84.1 Å². The summed E-state index contributed by atoms with van der Waals surface area (Å²) in [6, 6.07) is 0. The van der Waals surface area contributed by atoms with Gasteiger partial charge in [-0.1, -0.05) is 12.5 Å². The van der Waals surface area contributed by atoms with Gasteiger partial charge in [0.05, 0.1) is 13.5 Å². The van der Waals surface area contributed by atoms with Gasteiger partial charge in [-0.15, -0.1) is 0 Å². The maximum absolute atomic E-state index is 11.8. The molecule has 0 aromatic heterocycles. The Morgan fingerprint density at radius 2 is 2.07 bits per heavy atom. The molecular weight excluding hydrogens is 180 g/mol. The first kappa shape index (κ1) is 11.0. The van der Waals surface area contributed by atoms with Crippen molar-refractivity contribution >= 4 is 11.8 Å². The van der Waals surface area contributed by atoms with Crippen LogP contribution in [0, 0.1) is 5.41 Å². The molecule has 3 nitrogen and oxygen atoms in total. The van der Waals surface area contributed by atoms with Gasteiger partial charge in [-0.2, -0.15) is 0 Å². The van der Waals surface area contributed by atoms with Crippen LogP contribution in [0.25, 0.3) is 0 Å². The standard InChI is InChI=1S/C11H16O3/c1-7-5-11(3,6-9(12)14-4)10(13)8(7)2/h5-6H2,1-4H3. The van der Waals surface area contributed by atoms with Crippen molar-refractivity contribution in [1.29, 1.82) is 0 Å². The average Bonchev–Trinajstić information content (AvgIpc) is 2.30. The van der Waals surface area contributed by atoms with Gasteiger partial charge >= 0.3 is 5.97 Å². The lowest BCUT2D eigenvalue weighted by molar-refractivity contribution is -0.145. The Balaban J connectivity index is 2.81. The quantitative estimate of drug-likeness (QED) is 0.633. The van der Waals surface area contributed by atoms with E-state index in [1.165, 1.54) is 7.11 Å². The summed E-state index contributed by atoms with van der Waals surface area (Å²) in [5.41, 5.74) is 1.32.